The second-order valence-electron chi connectivity index (χ2n) is 4.37. The van der Waals surface area contributed by atoms with Crippen molar-refractivity contribution in [2.45, 2.75) is 6.92 Å². The van der Waals surface area contributed by atoms with E-state index in [2.05, 4.69) is 26.1 Å². The van der Waals surface area contributed by atoms with Crippen molar-refractivity contribution in [3.05, 3.63) is 54.4 Å². The predicted molar refractivity (Wildman–Crippen MR) is 91.9 cm³/mol. The Morgan fingerprint density at radius 1 is 1.18 bits per heavy atom. The van der Waals surface area contributed by atoms with Crippen molar-refractivity contribution in [1.29, 1.82) is 0 Å². The summed E-state index contributed by atoms with van der Waals surface area (Å²) in [5.74, 6) is -0.102. The van der Waals surface area contributed by atoms with Crippen LogP contribution in [0.2, 0.25) is 0 Å². The van der Waals surface area contributed by atoms with E-state index in [1.807, 2.05) is 24.3 Å². The number of rotatable bonds is 4. The maximum Gasteiger partial charge on any atom is 0.221 e. The van der Waals surface area contributed by atoms with Crippen LogP contribution in [0.4, 0.5) is 11.4 Å². The molecule has 0 aliphatic carbocycles. The van der Waals surface area contributed by atoms with Crippen LogP contribution in [0.25, 0.3) is 0 Å². The van der Waals surface area contributed by atoms with Gasteiger partial charge in [-0.25, -0.2) is 0 Å². The Bertz CT molecular complexity index is 670. The Kier molecular flexibility index (Phi) is 5.56. The van der Waals surface area contributed by atoms with Crippen molar-refractivity contribution in [2.75, 3.05) is 10.6 Å². The van der Waals surface area contributed by atoms with Crippen LogP contribution in [0.1, 0.15) is 12.5 Å². The highest BCUT2D eigenvalue weighted by molar-refractivity contribution is 7.80. The second kappa shape index (κ2) is 7.84. The van der Waals surface area contributed by atoms with E-state index in [4.69, 9.17) is 12.2 Å². The van der Waals surface area contributed by atoms with Gasteiger partial charge in [-0.2, -0.15) is 5.10 Å². The van der Waals surface area contributed by atoms with Crippen molar-refractivity contribution < 1.29 is 4.79 Å². The summed E-state index contributed by atoms with van der Waals surface area (Å²) in [6.45, 7) is 1.47. The molecule has 22 heavy (non-hydrogen) atoms. The molecule has 0 radical (unpaired) electrons. The Balaban J connectivity index is 1.84. The van der Waals surface area contributed by atoms with Crippen LogP contribution >= 0.6 is 12.2 Å². The molecule has 0 bridgehead atoms. The highest BCUT2D eigenvalue weighted by Gasteiger charge is 1.96. The lowest BCUT2D eigenvalue weighted by Gasteiger charge is -2.05. The molecule has 0 saturated heterocycles. The highest BCUT2D eigenvalue weighted by Crippen LogP contribution is 2.07. The third-order valence-corrected chi connectivity index (χ3v) is 2.72. The van der Waals surface area contributed by atoms with Crippen LogP contribution in [-0.4, -0.2) is 22.2 Å². The third-order valence-electron chi connectivity index (χ3n) is 2.53. The first-order chi connectivity index (χ1) is 10.6. The molecule has 0 unspecified atom stereocenters. The Labute approximate surface area is 133 Å². The van der Waals surface area contributed by atoms with Crippen LogP contribution in [-0.2, 0) is 4.79 Å². The molecule has 0 aliphatic rings. The van der Waals surface area contributed by atoms with Gasteiger partial charge in [0.15, 0.2) is 5.11 Å². The summed E-state index contributed by atoms with van der Waals surface area (Å²) >= 11 is 5.11. The maximum absolute atomic E-state index is 10.9. The van der Waals surface area contributed by atoms with Gasteiger partial charge in [-0.05, 0) is 42.0 Å². The molecule has 1 aromatic carbocycles. The van der Waals surface area contributed by atoms with E-state index in [9.17, 15) is 4.79 Å². The molecule has 0 atom stereocenters. The molecule has 2 aromatic rings. The van der Waals surface area contributed by atoms with Crippen molar-refractivity contribution >= 4 is 40.8 Å². The molecule has 3 N–H and O–H groups in total. The van der Waals surface area contributed by atoms with E-state index >= 15 is 0 Å². The number of hydrogen-bond acceptors (Lipinski definition) is 4. The first-order valence-electron chi connectivity index (χ1n) is 6.51. The molecule has 0 aliphatic heterocycles. The Morgan fingerprint density at radius 2 is 1.95 bits per heavy atom. The van der Waals surface area contributed by atoms with Crippen LogP contribution < -0.4 is 16.1 Å². The van der Waals surface area contributed by atoms with E-state index in [1.165, 1.54) is 6.92 Å². The SMILES string of the molecule is CC(=O)Nc1ccc(/C=N\NC(=S)Nc2cccnc2)cc1. The number of nitrogens with one attached hydrogen (secondary N) is 3. The average molecular weight is 313 g/mol. The number of nitrogens with zero attached hydrogens (tertiary/aromatic N) is 2. The molecule has 0 fully saturated rings. The van der Waals surface area contributed by atoms with Crippen LogP contribution in [0.3, 0.4) is 0 Å². The number of carbonyl (C=O) groups is 1. The molecule has 0 spiro atoms. The number of aromatic nitrogens is 1. The smallest absolute Gasteiger partial charge is 0.221 e. The minimum atomic E-state index is -0.102. The molecule has 7 heteroatoms. The zero-order valence-electron chi connectivity index (χ0n) is 11.9. The maximum atomic E-state index is 10.9. The molecule has 6 nitrogen and oxygen atoms in total. The zero-order valence-corrected chi connectivity index (χ0v) is 12.7. The number of hydrogen-bond donors (Lipinski definition) is 3. The van der Waals surface area contributed by atoms with E-state index in [-0.39, 0.29) is 5.91 Å². The summed E-state index contributed by atoms with van der Waals surface area (Å²) in [6.07, 6.45) is 4.98. The fraction of sp³-hybridized carbons (Fsp3) is 0.0667. The van der Waals surface area contributed by atoms with Gasteiger partial charge in [-0.3, -0.25) is 15.2 Å². The van der Waals surface area contributed by atoms with Gasteiger partial charge in [0.2, 0.25) is 5.91 Å². The third kappa shape index (κ3) is 5.29. The number of hydrazone groups is 1. The standard InChI is InChI=1S/C15H15N5OS/c1-11(21)18-13-6-4-12(5-7-13)9-17-20-15(22)19-14-3-2-8-16-10-14/h2-10H,1H3,(H,18,21)(H2,19,20,22)/b17-9-. The van der Waals surface area contributed by atoms with Crippen molar-refractivity contribution in [3.8, 4) is 0 Å². The van der Waals surface area contributed by atoms with E-state index in [1.54, 1.807) is 30.7 Å². The van der Waals surface area contributed by atoms with Crippen molar-refractivity contribution in [1.82, 2.24) is 10.4 Å². The summed E-state index contributed by atoms with van der Waals surface area (Å²) in [7, 11) is 0. The normalized spacial score (nSPS) is 10.2. The molecular weight excluding hydrogens is 298 g/mol. The van der Waals surface area contributed by atoms with E-state index < -0.39 is 0 Å². The molecule has 2 rings (SSSR count). The molecule has 1 heterocycles. The molecule has 0 saturated carbocycles. The number of pyridine rings is 1. The Morgan fingerprint density at radius 3 is 2.59 bits per heavy atom. The number of thiocarbonyl (C=S) groups is 1. The number of anilines is 2. The molecule has 1 amide bonds. The fourth-order valence-electron chi connectivity index (χ4n) is 1.62. The van der Waals surface area contributed by atoms with Gasteiger partial charge in [-0.1, -0.05) is 12.1 Å². The summed E-state index contributed by atoms with van der Waals surface area (Å²) in [5.41, 5.74) is 5.13. The fourth-order valence-corrected chi connectivity index (χ4v) is 1.79. The summed E-state index contributed by atoms with van der Waals surface area (Å²) in [5, 5.41) is 10.1. The molecule has 1 aromatic heterocycles. The van der Waals surface area contributed by atoms with E-state index in [0.717, 1.165) is 16.9 Å². The average Bonchev–Trinajstić information content (AvgIpc) is 2.49. The highest BCUT2D eigenvalue weighted by atomic mass is 32.1. The minimum absolute atomic E-state index is 0.102. The van der Waals surface area contributed by atoms with Gasteiger partial charge in [0.05, 0.1) is 18.1 Å². The second-order valence-corrected chi connectivity index (χ2v) is 4.78. The molecule has 112 valence electrons. The van der Waals surface area contributed by atoms with Crippen molar-refractivity contribution in [2.24, 2.45) is 5.10 Å². The quantitative estimate of drug-likeness (QED) is 0.459. The lowest BCUT2D eigenvalue weighted by atomic mass is 10.2. The summed E-state index contributed by atoms with van der Waals surface area (Å²) in [4.78, 5) is 14.9. The van der Waals surface area contributed by atoms with Gasteiger partial charge in [0, 0.05) is 18.8 Å². The number of benzene rings is 1. The van der Waals surface area contributed by atoms with Gasteiger partial charge < -0.3 is 10.6 Å². The van der Waals surface area contributed by atoms with Gasteiger partial charge in [-0.15, -0.1) is 0 Å². The number of amides is 1. The monoisotopic (exact) mass is 313 g/mol. The van der Waals surface area contributed by atoms with Crippen LogP contribution in [0.15, 0.2) is 53.9 Å². The van der Waals surface area contributed by atoms with Crippen LogP contribution in [0.5, 0.6) is 0 Å². The lowest BCUT2D eigenvalue weighted by molar-refractivity contribution is -0.114. The van der Waals surface area contributed by atoms with Gasteiger partial charge in [0.25, 0.3) is 0 Å². The van der Waals surface area contributed by atoms with Crippen molar-refractivity contribution in [3.63, 3.8) is 0 Å². The summed E-state index contributed by atoms with van der Waals surface area (Å²) in [6, 6.07) is 10.9. The predicted octanol–water partition coefficient (Wildman–Crippen LogP) is 2.36. The largest absolute Gasteiger partial charge is 0.330 e. The summed E-state index contributed by atoms with van der Waals surface area (Å²) < 4.78 is 0. The van der Waals surface area contributed by atoms with E-state index in [0.29, 0.717) is 5.11 Å². The first-order valence-corrected chi connectivity index (χ1v) is 6.92. The zero-order chi connectivity index (χ0) is 15.8. The number of carbonyl (C=O) groups excluding carboxylic acids is 1. The van der Waals surface area contributed by atoms with Gasteiger partial charge >= 0.3 is 0 Å². The minimum Gasteiger partial charge on any atom is -0.330 e. The molecular formula is C15H15N5OS. The topological polar surface area (TPSA) is 78.4 Å². The lowest BCUT2D eigenvalue weighted by Crippen LogP contribution is -2.23. The van der Waals surface area contributed by atoms with Gasteiger partial charge in [0.1, 0.15) is 0 Å². The Hall–Kier alpha value is -2.80. The first kappa shape index (κ1) is 15.6. The van der Waals surface area contributed by atoms with Crippen LogP contribution in [0, 0.1) is 0 Å².